The van der Waals surface area contributed by atoms with E-state index in [1.807, 2.05) is 6.92 Å². The Kier molecular flexibility index (Phi) is 4.23. The lowest BCUT2D eigenvalue weighted by Gasteiger charge is -2.14. The molecule has 0 radical (unpaired) electrons. The highest BCUT2D eigenvalue weighted by molar-refractivity contribution is 6.39. The zero-order valence-electron chi connectivity index (χ0n) is 8.87. The van der Waals surface area contributed by atoms with Gasteiger partial charge in [0, 0.05) is 26.5 Å². The molecule has 2 amide bonds. The van der Waals surface area contributed by atoms with Gasteiger partial charge in [0.05, 0.1) is 6.10 Å². The maximum Gasteiger partial charge on any atom is 0.267 e. The maximum atomic E-state index is 11.5. The molecule has 15 heavy (non-hydrogen) atoms. The normalized spacial score (nSPS) is 17.7. The third kappa shape index (κ3) is 3.67. The fourth-order valence-electron chi connectivity index (χ4n) is 1.06. The van der Waals surface area contributed by atoms with E-state index in [2.05, 4.69) is 15.8 Å². The van der Waals surface area contributed by atoms with Crippen LogP contribution in [0.4, 0.5) is 0 Å². The van der Waals surface area contributed by atoms with Crippen LogP contribution in [0.1, 0.15) is 19.8 Å². The second-order valence-corrected chi connectivity index (χ2v) is 3.35. The Balaban J connectivity index is 2.37. The van der Waals surface area contributed by atoms with Gasteiger partial charge in [0.2, 0.25) is 5.91 Å². The van der Waals surface area contributed by atoms with Crippen LogP contribution in [0, 0.1) is 0 Å². The van der Waals surface area contributed by atoms with Crippen molar-refractivity contribution in [2.45, 2.75) is 25.9 Å². The highest BCUT2D eigenvalue weighted by Gasteiger charge is 2.18. The van der Waals surface area contributed by atoms with Gasteiger partial charge >= 0.3 is 0 Å². The van der Waals surface area contributed by atoms with E-state index in [1.54, 1.807) is 7.11 Å². The average molecular weight is 213 g/mol. The molecular weight excluding hydrogens is 198 g/mol. The van der Waals surface area contributed by atoms with Gasteiger partial charge in [-0.1, -0.05) is 0 Å². The Bertz CT molecular complexity index is 288. The monoisotopic (exact) mass is 213 g/mol. The Morgan fingerprint density at radius 1 is 1.67 bits per heavy atom. The van der Waals surface area contributed by atoms with Crippen LogP contribution in [-0.4, -0.2) is 37.3 Å². The van der Waals surface area contributed by atoms with E-state index in [4.69, 9.17) is 4.74 Å². The number of carbonyl (C=O) groups is 2. The van der Waals surface area contributed by atoms with Crippen LogP contribution in [0.15, 0.2) is 5.10 Å². The molecule has 6 nitrogen and oxygen atoms in total. The van der Waals surface area contributed by atoms with Crippen LogP contribution in [0.2, 0.25) is 0 Å². The van der Waals surface area contributed by atoms with Crippen molar-refractivity contribution in [3.63, 3.8) is 0 Å². The van der Waals surface area contributed by atoms with Crippen molar-refractivity contribution in [1.29, 1.82) is 0 Å². The molecule has 2 N–H and O–H groups in total. The van der Waals surface area contributed by atoms with Crippen LogP contribution in [0.3, 0.4) is 0 Å². The number of ether oxygens (including phenoxy) is 1. The van der Waals surface area contributed by atoms with E-state index in [1.165, 1.54) is 0 Å². The number of nitrogens with zero attached hydrogens (tertiary/aromatic N) is 1. The van der Waals surface area contributed by atoms with Crippen molar-refractivity contribution < 1.29 is 14.3 Å². The molecule has 6 heteroatoms. The first kappa shape index (κ1) is 11.6. The van der Waals surface area contributed by atoms with Crippen molar-refractivity contribution in [3.05, 3.63) is 0 Å². The average Bonchev–Trinajstić information content (AvgIpc) is 2.26. The lowest BCUT2D eigenvalue weighted by atomic mass is 10.1. The summed E-state index contributed by atoms with van der Waals surface area (Å²) in [5.74, 6) is -0.407. The summed E-state index contributed by atoms with van der Waals surface area (Å²) in [7, 11) is 1.58. The van der Waals surface area contributed by atoms with E-state index in [0.717, 1.165) is 0 Å². The molecule has 1 aliphatic heterocycles. The summed E-state index contributed by atoms with van der Waals surface area (Å²) in [6.07, 6.45) is 0.665. The summed E-state index contributed by atoms with van der Waals surface area (Å²) in [4.78, 5) is 22.3. The molecule has 0 aromatic rings. The van der Waals surface area contributed by atoms with Crippen LogP contribution in [0.5, 0.6) is 0 Å². The molecule has 0 saturated carbocycles. The molecule has 84 valence electrons. The highest BCUT2D eigenvalue weighted by atomic mass is 16.5. The quantitative estimate of drug-likeness (QED) is 0.654. The SMILES string of the molecule is COC(C)CNC(=O)C1=NNC(=O)CC1. The Hall–Kier alpha value is -1.43. The van der Waals surface area contributed by atoms with E-state index < -0.39 is 0 Å². The molecule has 1 rings (SSSR count). The predicted molar refractivity (Wildman–Crippen MR) is 54.3 cm³/mol. The van der Waals surface area contributed by atoms with E-state index in [-0.39, 0.29) is 17.9 Å². The van der Waals surface area contributed by atoms with Gasteiger partial charge in [-0.3, -0.25) is 9.59 Å². The van der Waals surface area contributed by atoms with Gasteiger partial charge in [0.1, 0.15) is 5.71 Å². The van der Waals surface area contributed by atoms with Gasteiger partial charge in [-0.05, 0) is 6.92 Å². The zero-order chi connectivity index (χ0) is 11.3. The number of nitrogens with one attached hydrogen (secondary N) is 2. The van der Waals surface area contributed by atoms with E-state index >= 15 is 0 Å². The molecule has 1 heterocycles. The fourth-order valence-corrected chi connectivity index (χ4v) is 1.06. The topological polar surface area (TPSA) is 79.8 Å². The maximum absolute atomic E-state index is 11.5. The van der Waals surface area contributed by atoms with Gasteiger partial charge in [0.15, 0.2) is 0 Å². The summed E-state index contributed by atoms with van der Waals surface area (Å²) in [6, 6.07) is 0. The van der Waals surface area contributed by atoms with Gasteiger partial charge < -0.3 is 10.1 Å². The molecule has 1 atom stereocenters. The van der Waals surface area contributed by atoms with Crippen LogP contribution >= 0.6 is 0 Å². The second kappa shape index (κ2) is 5.45. The predicted octanol–water partition coefficient (Wildman–Crippen LogP) is -0.596. The number of rotatable bonds is 4. The summed E-state index contributed by atoms with van der Waals surface area (Å²) >= 11 is 0. The molecule has 0 aliphatic carbocycles. The standard InChI is InChI=1S/C9H15N3O3/c1-6(15-2)5-10-9(14)7-3-4-8(13)12-11-7/h6H,3-5H2,1-2H3,(H,10,14)(H,12,13). The van der Waals surface area contributed by atoms with Crippen LogP contribution < -0.4 is 10.7 Å². The van der Waals surface area contributed by atoms with Crippen LogP contribution in [-0.2, 0) is 14.3 Å². The van der Waals surface area contributed by atoms with Gasteiger partial charge in [-0.25, -0.2) is 5.43 Å². The van der Waals surface area contributed by atoms with E-state index in [0.29, 0.717) is 25.1 Å². The largest absolute Gasteiger partial charge is 0.380 e. The first-order valence-corrected chi connectivity index (χ1v) is 4.80. The number of hydrazone groups is 1. The second-order valence-electron chi connectivity index (χ2n) is 3.35. The lowest BCUT2D eigenvalue weighted by Crippen LogP contribution is -2.39. The molecular formula is C9H15N3O3. The zero-order valence-corrected chi connectivity index (χ0v) is 8.87. The Morgan fingerprint density at radius 3 is 2.93 bits per heavy atom. The minimum absolute atomic E-state index is 0.0345. The number of hydrogen-bond donors (Lipinski definition) is 2. The van der Waals surface area contributed by atoms with Gasteiger partial charge in [-0.2, -0.15) is 5.10 Å². The molecule has 1 aliphatic rings. The van der Waals surface area contributed by atoms with Gasteiger partial charge in [-0.15, -0.1) is 0 Å². The highest BCUT2D eigenvalue weighted by Crippen LogP contribution is 1.99. The third-order valence-electron chi connectivity index (χ3n) is 2.12. The van der Waals surface area contributed by atoms with Crippen LogP contribution in [0.25, 0.3) is 0 Å². The molecule has 1 unspecified atom stereocenters. The number of carbonyl (C=O) groups excluding carboxylic acids is 2. The molecule has 0 aromatic carbocycles. The summed E-state index contributed by atoms with van der Waals surface area (Å²) in [5.41, 5.74) is 2.63. The first-order chi connectivity index (χ1) is 7.13. The molecule has 0 saturated heterocycles. The minimum atomic E-state index is -0.251. The minimum Gasteiger partial charge on any atom is -0.380 e. The fraction of sp³-hybridized carbons (Fsp3) is 0.667. The van der Waals surface area contributed by atoms with Crippen molar-refractivity contribution in [1.82, 2.24) is 10.7 Å². The van der Waals surface area contributed by atoms with Gasteiger partial charge in [0.25, 0.3) is 5.91 Å². The molecule has 0 spiro atoms. The molecule has 0 aromatic heterocycles. The van der Waals surface area contributed by atoms with Crippen molar-refractivity contribution in [2.24, 2.45) is 5.10 Å². The van der Waals surface area contributed by atoms with E-state index in [9.17, 15) is 9.59 Å². The van der Waals surface area contributed by atoms with Crippen molar-refractivity contribution >= 4 is 17.5 Å². The summed E-state index contributed by atoms with van der Waals surface area (Å²) < 4.78 is 4.98. The summed E-state index contributed by atoms with van der Waals surface area (Å²) in [5, 5.41) is 6.35. The van der Waals surface area contributed by atoms with Crippen molar-refractivity contribution in [3.8, 4) is 0 Å². The number of methoxy groups -OCH3 is 1. The lowest BCUT2D eigenvalue weighted by molar-refractivity contribution is -0.121. The smallest absolute Gasteiger partial charge is 0.267 e. The third-order valence-corrected chi connectivity index (χ3v) is 2.12. The first-order valence-electron chi connectivity index (χ1n) is 4.80. The molecule has 0 bridgehead atoms. The Labute approximate surface area is 88.1 Å². The molecule has 0 fully saturated rings. The summed E-state index contributed by atoms with van der Waals surface area (Å²) in [6.45, 7) is 2.28. The Morgan fingerprint density at radius 2 is 2.40 bits per heavy atom. The number of amides is 2. The van der Waals surface area contributed by atoms with Crippen molar-refractivity contribution in [2.75, 3.05) is 13.7 Å². The number of hydrogen-bond acceptors (Lipinski definition) is 4.